The molecule has 0 atom stereocenters. The molecule has 0 heterocycles. The van der Waals surface area contributed by atoms with Crippen molar-refractivity contribution in [2.24, 2.45) is 0 Å². The van der Waals surface area contributed by atoms with Crippen LogP contribution in [-0.4, -0.2) is 6.54 Å². The Balaban J connectivity index is 1.66. The lowest BCUT2D eigenvalue weighted by Crippen LogP contribution is -2.00. The van der Waals surface area contributed by atoms with E-state index in [2.05, 4.69) is 42.6 Å². The summed E-state index contributed by atoms with van der Waals surface area (Å²) in [5, 5.41) is 3.50. The Bertz CT molecular complexity index is 414. The van der Waals surface area contributed by atoms with Gasteiger partial charge in [-0.1, -0.05) is 147 Å². The highest BCUT2D eigenvalue weighted by Gasteiger charge is 1.96. The molecule has 0 spiro atoms. The summed E-state index contributed by atoms with van der Waals surface area (Å²) in [5.74, 6) is 0. The number of unbranched alkanes of at least 4 members (excludes halogenated alkanes) is 19. The maximum absolute atomic E-state index is 3.50. The maximum Gasteiger partial charge on any atom is 0.0340 e. The van der Waals surface area contributed by atoms with Gasteiger partial charge in [-0.15, -0.1) is 0 Å². The van der Waals surface area contributed by atoms with Gasteiger partial charge >= 0.3 is 0 Å². The maximum atomic E-state index is 3.50. The van der Waals surface area contributed by atoms with Gasteiger partial charge in [-0.05, 0) is 18.6 Å². The fourth-order valence-corrected chi connectivity index (χ4v) is 4.17. The van der Waals surface area contributed by atoms with Crippen molar-refractivity contribution >= 4 is 5.69 Å². The van der Waals surface area contributed by atoms with Gasteiger partial charge in [-0.3, -0.25) is 0 Å². The summed E-state index contributed by atoms with van der Waals surface area (Å²) in [6.07, 6.45) is 28.9. The van der Waals surface area contributed by atoms with E-state index in [9.17, 15) is 0 Å². The summed E-state index contributed by atoms with van der Waals surface area (Å²) in [6.45, 7) is 3.41. The molecule has 0 saturated carbocycles. The van der Waals surface area contributed by atoms with Crippen molar-refractivity contribution in [3.8, 4) is 0 Å². The molecule has 0 saturated heterocycles. The Labute approximate surface area is 183 Å². The van der Waals surface area contributed by atoms with E-state index in [1.807, 2.05) is 0 Å². The quantitative estimate of drug-likeness (QED) is 0.191. The van der Waals surface area contributed by atoms with Crippen LogP contribution in [0.5, 0.6) is 0 Å². The third-order valence-electron chi connectivity index (χ3n) is 6.13. The minimum Gasteiger partial charge on any atom is -0.385 e. The largest absolute Gasteiger partial charge is 0.385 e. The number of hydrogen-bond donors (Lipinski definition) is 1. The van der Waals surface area contributed by atoms with Gasteiger partial charge in [0.25, 0.3) is 0 Å². The molecule has 0 aromatic heterocycles. The van der Waals surface area contributed by atoms with Gasteiger partial charge in [0.2, 0.25) is 0 Å². The molecule has 0 bridgehead atoms. The van der Waals surface area contributed by atoms with Crippen molar-refractivity contribution in [3.63, 3.8) is 0 Å². The van der Waals surface area contributed by atoms with Crippen molar-refractivity contribution in [3.05, 3.63) is 30.3 Å². The molecule has 168 valence electrons. The first-order valence-electron chi connectivity index (χ1n) is 13.2. The lowest BCUT2D eigenvalue weighted by atomic mass is 10.0. The first-order chi connectivity index (χ1) is 14.4. The van der Waals surface area contributed by atoms with Gasteiger partial charge in [0.05, 0.1) is 0 Å². The second-order valence-corrected chi connectivity index (χ2v) is 9.01. The molecule has 1 aromatic carbocycles. The van der Waals surface area contributed by atoms with E-state index >= 15 is 0 Å². The normalized spacial score (nSPS) is 11.1. The van der Waals surface area contributed by atoms with E-state index in [1.165, 1.54) is 134 Å². The minimum atomic E-state index is 1.11. The molecule has 0 aliphatic heterocycles. The third-order valence-corrected chi connectivity index (χ3v) is 6.13. The zero-order chi connectivity index (χ0) is 20.7. The second kappa shape index (κ2) is 21.7. The second-order valence-electron chi connectivity index (χ2n) is 9.01. The van der Waals surface area contributed by atoms with Crippen LogP contribution in [0.3, 0.4) is 0 Å². The van der Waals surface area contributed by atoms with Crippen LogP contribution in [0.4, 0.5) is 5.69 Å². The Morgan fingerprint density at radius 3 is 1.17 bits per heavy atom. The van der Waals surface area contributed by atoms with Crippen molar-refractivity contribution in [2.75, 3.05) is 11.9 Å². The number of para-hydroxylation sites is 1. The number of anilines is 1. The number of nitrogens with one attached hydrogen (secondary N) is 1. The molecular weight excluding hydrogens is 350 g/mol. The van der Waals surface area contributed by atoms with Crippen LogP contribution >= 0.6 is 0 Å². The summed E-state index contributed by atoms with van der Waals surface area (Å²) in [7, 11) is 0. The smallest absolute Gasteiger partial charge is 0.0340 e. The van der Waals surface area contributed by atoms with E-state index in [-0.39, 0.29) is 0 Å². The van der Waals surface area contributed by atoms with Crippen LogP contribution in [0.15, 0.2) is 30.3 Å². The van der Waals surface area contributed by atoms with Gasteiger partial charge in [-0.25, -0.2) is 0 Å². The lowest BCUT2D eigenvalue weighted by Gasteiger charge is -2.06. The zero-order valence-corrected chi connectivity index (χ0v) is 19.7. The van der Waals surface area contributed by atoms with Crippen molar-refractivity contribution in [1.29, 1.82) is 0 Å². The molecule has 1 heteroatoms. The summed E-state index contributed by atoms with van der Waals surface area (Å²) < 4.78 is 0. The first-order valence-corrected chi connectivity index (χ1v) is 13.2. The fourth-order valence-electron chi connectivity index (χ4n) is 4.17. The number of rotatable bonds is 22. The van der Waals surface area contributed by atoms with Gasteiger partial charge in [0.15, 0.2) is 0 Å². The number of benzene rings is 1. The predicted octanol–water partition coefficient (Wildman–Crippen LogP) is 9.92. The topological polar surface area (TPSA) is 12.0 Å². The summed E-state index contributed by atoms with van der Waals surface area (Å²) >= 11 is 0. The Morgan fingerprint density at radius 1 is 0.448 bits per heavy atom. The molecule has 0 aliphatic rings. The van der Waals surface area contributed by atoms with Crippen LogP contribution in [0.2, 0.25) is 0 Å². The molecular formula is C28H51N. The highest BCUT2D eigenvalue weighted by Crippen LogP contribution is 2.15. The van der Waals surface area contributed by atoms with Gasteiger partial charge in [-0.2, -0.15) is 0 Å². The highest BCUT2D eigenvalue weighted by molar-refractivity contribution is 5.42. The molecule has 0 amide bonds. The Kier molecular flexibility index (Phi) is 19.5. The number of hydrogen-bond acceptors (Lipinski definition) is 1. The van der Waals surface area contributed by atoms with E-state index in [0.29, 0.717) is 0 Å². The van der Waals surface area contributed by atoms with E-state index in [1.54, 1.807) is 0 Å². The lowest BCUT2D eigenvalue weighted by molar-refractivity contribution is 0.522. The van der Waals surface area contributed by atoms with Crippen LogP contribution in [0, 0.1) is 0 Å². The predicted molar refractivity (Wildman–Crippen MR) is 133 cm³/mol. The van der Waals surface area contributed by atoms with Crippen LogP contribution < -0.4 is 5.32 Å². The summed E-state index contributed by atoms with van der Waals surface area (Å²) in [6, 6.07) is 10.6. The van der Waals surface area contributed by atoms with Crippen molar-refractivity contribution in [2.45, 2.75) is 135 Å². The molecule has 0 unspecified atom stereocenters. The van der Waals surface area contributed by atoms with Gasteiger partial charge in [0.1, 0.15) is 0 Å². The molecule has 29 heavy (non-hydrogen) atoms. The average molecular weight is 402 g/mol. The molecule has 1 nitrogen and oxygen atoms in total. The van der Waals surface area contributed by atoms with Gasteiger partial charge in [0, 0.05) is 12.2 Å². The monoisotopic (exact) mass is 401 g/mol. The molecule has 0 fully saturated rings. The third kappa shape index (κ3) is 18.8. The van der Waals surface area contributed by atoms with Crippen molar-refractivity contribution < 1.29 is 0 Å². The van der Waals surface area contributed by atoms with Crippen molar-refractivity contribution in [1.82, 2.24) is 0 Å². The summed E-state index contributed by atoms with van der Waals surface area (Å²) in [4.78, 5) is 0. The minimum absolute atomic E-state index is 1.11. The van der Waals surface area contributed by atoms with E-state index in [4.69, 9.17) is 0 Å². The van der Waals surface area contributed by atoms with Crippen LogP contribution in [-0.2, 0) is 0 Å². The Morgan fingerprint density at radius 2 is 0.793 bits per heavy atom. The standard InChI is InChI=1S/C28H51N/c1-2-3-4-5-6-7-8-9-10-11-12-13-14-15-16-17-18-19-20-24-27-29-28-25-22-21-23-26-28/h21-23,25-26,29H,2-20,24,27H2,1H3. The van der Waals surface area contributed by atoms with E-state index in [0.717, 1.165) is 6.54 Å². The molecule has 0 radical (unpaired) electrons. The van der Waals surface area contributed by atoms with Crippen LogP contribution in [0.25, 0.3) is 0 Å². The first kappa shape index (κ1) is 26.1. The average Bonchev–Trinajstić information content (AvgIpc) is 2.75. The molecule has 1 N–H and O–H groups in total. The fraction of sp³-hybridized carbons (Fsp3) is 0.786. The Hall–Kier alpha value is -0.980. The SMILES string of the molecule is CCCCCCCCCCCCCCCCCCCCCCNc1ccccc1. The van der Waals surface area contributed by atoms with Crippen LogP contribution in [0.1, 0.15) is 135 Å². The summed E-state index contributed by atoms with van der Waals surface area (Å²) in [5.41, 5.74) is 1.25. The zero-order valence-electron chi connectivity index (χ0n) is 19.7. The van der Waals surface area contributed by atoms with E-state index < -0.39 is 0 Å². The molecule has 1 rings (SSSR count). The molecule has 1 aromatic rings. The van der Waals surface area contributed by atoms with Gasteiger partial charge < -0.3 is 5.32 Å². The molecule has 0 aliphatic carbocycles. The highest BCUT2D eigenvalue weighted by atomic mass is 14.9.